The maximum absolute atomic E-state index is 4.64. The van der Waals surface area contributed by atoms with Crippen molar-refractivity contribution in [1.29, 1.82) is 0 Å². The first-order valence-electron chi connectivity index (χ1n) is 7.86. The number of para-hydroxylation sites is 2. The van der Waals surface area contributed by atoms with Gasteiger partial charge in [-0.1, -0.05) is 48.5 Å². The summed E-state index contributed by atoms with van der Waals surface area (Å²) in [7, 11) is 0. The zero-order valence-electron chi connectivity index (χ0n) is 12.8. The average Bonchev–Trinajstić information content (AvgIpc) is 2.95. The normalized spacial score (nSPS) is 11.5. The van der Waals surface area contributed by atoms with Crippen LogP contribution in [0, 0.1) is 0 Å². The Bertz CT molecular complexity index is 1220. The molecular weight excluding hydrogens is 360 g/mol. The Labute approximate surface area is 147 Å². The van der Waals surface area contributed by atoms with Crippen LogP contribution in [0.1, 0.15) is 0 Å². The first-order chi connectivity index (χ1) is 11.8. The first-order valence-corrected chi connectivity index (χ1v) is 8.65. The summed E-state index contributed by atoms with van der Waals surface area (Å²) in [4.78, 5) is 4.64. The standard InChI is InChI=1S/C21H13BrN2/c22-21-23-18-9-3-4-10-20(18)24(21)19-11-5-8-16-12-14-6-1-2-7-15(14)13-17(16)19/h1-13H. The third kappa shape index (κ3) is 1.98. The van der Waals surface area contributed by atoms with Gasteiger partial charge in [0.2, 0.25) is 0 Å². The Kier molecular flexibility index (Phi) is 2.97. The van der Waals surface area contributed by atoms with Crippen LogP contribution in [0.4, 0.5) is 0 Å². The van der Waals surface area contributed by atoms with Crippen LogP contribution >= 0.6 is 15.9 Å². The molecule has 1 heterocycles. The summed E-state index contributed by atoms with van der Waals surface area (Å²) in [6.45, 7) is 0. The number of hydrogen-bond acceptors (Lipinski definition) is 1. The molecule has 0 saturated carbocycles. The second-order valence-electron chi connectivity index (χ2n) is 5.90. The molecule has 0 aliphatic rings. The van der Waals surface area contributed by atoms with Crippen LogP contribution in [0.15, 0.2) is 83.6 Å². The van der Waals surface area contributed by atoms with Gasteiger partial charge in [0.05, 0.1) is 16.7 Å². The van der Waals surface area contributed by atoms with Crippen LogP contribution in [0.5, 0.6) is 0 Å². The van der Waals surface area contributed by atoms with Crippen LogP contribution in [0.25, 0.3) is 38.3 Å². The number of fused-ring (bicyclic) bond motifs is 3. The molecular formula is C21H13BrN2. The molecule has 0 unspecified atom stereocenters. The quantitative estimate of drug-likeness (QED) is 0.325. The maximum atomic E-state index is 4.64. The monoisotopic (exact) mass is 372 g/mol. The van der Waals surface area contributed by atoms with Gasteiger partial charge >= 0.3 is 0 Å². The fourth-order valence-corrected chi connectivity index (χ4v) is 3.94. The van der Waals surface area contributed by atoms with Gasteiger partial charge in [-0.3, -0.25) is 4.57 Å². The molecule has 0 aliphatic heterocycles. The van der Waals surface area contributed by atoms with Crippen molar-refractivity contribution in [3.05, 3.63) is 83.6 Å². The lowest BCUT2D eigenvalue weighted by molar-refractivity contribution is 1.06. The fourth-order valence-electron chi connectivity index (χ4n) is 3.37. The number of nitrogens with zero attached hydrogens (tertiary/aromatic N) is 2. The molecule has 0 spiro atoms. The van der Waals surface area contributed by atoms with Gasteiger partial charge in [0.25, 0.3) is 0 Å². The second-order valence-corrected chi connectivity index (χ2v) is 6.61. The van der Waals surface area contributed by atoms with E-state index in [0.717, 1.165) is 21.5 Å². The molecule has 0 atom stereocenters. The van der Waals surface area contributed by atoms with E-state index in [2.05, 4.69) is 86.1 Å². The Morgan fingerprint density at radius 1 is 0.708 bits per heavy atom. The van der Waals surface area contributed by atoms with Crippen LogP contribution in [0.3, 0.4) is 0 Å². The van der Waals surface area contributed by atoms with Crippen LogP contribution < -0.4 is 0 Å². The van der Waals surface area contributed by atoms with Crippen LogP contribution in [-0.4, -0.2) is 9.55 Å². The molecule has 2 nitrogen and oxygen atoms in total. The number of hydrogen-bond donors (Lipinski definition) is 0. The maximum Gasteiger partial charge on any atom is 0.182 e. The van der Waals surface area contributed by atoms with Crippen molar-refractivity contribution >= 4 is 48.5 Å². The summed E-state index contributed by atoms with van der Waals surface area (Å²) in [5.41, 5.74) is 3.23. The molecule has 0 fully saturated rings. The summed E-state index contributed by atoms with van der Waals surface area (Å²) < 4.78 is 3.00. The van der Waals surface area contributed by atoms with E-state index >= 15 is 0 Å². The summed E-state index contributed by atoms with van der Waals surface area (Å²) in [6, 6.07) is 27.6. The smallest absolute Gasteiger partial charge is 0.182 e. The van der Waals surface area contributed by atoms with E-state index < -0.39 is 0 Å². The van der Waals surface area contributed by atoms with Crippen LogP contribution in [0.2, 0.25) is 0 Å². The lowest BCUT2D eigenvalue weighted by atomic mass is 10.0. The number of benzene rings is 4. The Morgan fingerprint density at radius 3 is 2.29 bits per heavy atom. The van der Waals surface area contributed by atoms with Gasteiger partial charge in [-0.05, 0) is 62.4 Å². The van der Waals surface area contributed by atoms with Gasteiger partial charge in [-0.25, -0.2) is 4.98 Å². The van der Waals surface area contributed by atoms with Crippen LogP contribution in [-0.2, 0) is 0 Å². The van der Waals surface area contributed by atoms with Crippen molar-refractivity contribution in [2.45, 2.75) is 0 Å². The highest BCUT2D eigenvalue weighted by molar-refractivity contribution is 9.10. The van der Waals surface area contributed by atoms with E-state index in [4.69, 9.17) is 0 Å². The molecule has 4 aromatic carbocycles. The summed E-state index contributed by atoms with van der Waals surface area (Å²) in [5, 5.41) is 4.96. The number of imidazole rings is 1. The lowest BCUT2D eigenvalue weighted by Crippen LogP contribution is -1.95. The van der Waals surface area contributed by atoms with Gasteiger partial charge in [0.1, 0.15) is 0 Å². The molecule has 3 heteroatoms. The van der Waals surface area contributed by atoms with Gasteiger partial charge in [-0.15, -0.1) is 0 Å². The van der Waals surface area contributed by atoms with Crippen molar-refractivity contribution in [2.24, 2.45) is 0 Å². The van der Waals surface area contributed by atoms with Gasteiger partial charge in [-0.2, -0.15) is 0 Å². The molecule has 0 bridgehead atoms. The highest BCUT2D eigenvalue weighted by atomic mass is 79.9. The minimum atomic E-state index is 0.823. The second kappa shape index (κ2) is 5.18. The van der Waals surface area contributed by atoms with Crippen molar-refractivity contribution in [3.8, 4) is 5.69 Å². The Hall–Kier alpha value is -2.65. The Morgan fingerprint density at radius 2 is 1.42 bits per heavy atom. The third-order valence-electron chi connectivity index (χ3n) is 4.48. The zero-order valence-corrected chi connectivity index (χ0v) is 14.4. The van der Waals surface area contributed by atoms with Gasteiger partial charge in [0, 0.05) is 5.39 Å². The summed E-state index contributed by atoms with van der Waals surface area (Å²) >= 11 is 3.63. The molecule has 0 aliphatic carbocycles. The number of aromatic nitrogens is 2. The average molecular weight is 373 g/mol. The van der Waals surface area contributed by atoms with E-state index in [1.54, 1.807) is 0 Å². The highest BCUT2D eigenvalue weighted by Crippen LogP contribution is 2.32. The van der Waals surface area contributed by atoms with E-state index in [1.807, 2.05) is 18.2 Å². The van der Waals surface area contributed by atoms with Gasteiger partial charge in [0.15, 0.2) is 4.73 Å². The fraction of sp³-hybridized carbons (Fsp3) is 0. The predicted molar refractivity (Wildman–Crippen MR) is 104 cm³/mol. The lowest BCUT2D eigenvalue weighted by Gasteiger charge is -2.11. The van der Waals surface area contributed by atoms with Crippen molar-refractivity contribution < 1.29 is 0 Å². The molecule has 5 rings (SSSR count). The van der Waals surface area contributed by atoms with E-state index in [-0.39, 0.29) is 0 Å². The first kappa shape index (κ1) is 13.8. The summed E-state index contributed by atoms with van der Waals surface area (Å²) in [5.74, 6) is 0. The minimum Gasteiger partial charge on any atom is -0.286 e. The molecule has 24 heavy (non-hydrogen) atoms. The van der Waals surface area contributed by atoms with E-state index in [9.17, 15) is 0 Å². The molecule has 0 saturated heterocycles. The van der Waals surface area contributed by atoms with Crippen molar-refractivity contribution in [3.63, 3.8) is 0 Å². The van der Waals surface area contributed by atoms with Crippen molar-refractivity contribution in [1.82, 2.24) is 9.55 Å². The molecule has 0 amide bonds. The van der Waals surface area contributed by atoms with E-state index in [0.29, 0.717) is 0 Å². The van der Waals surface area contributed by atoms with Crippen molar-refractivity contribution in [2.75, 3.05) is 0 Å². The number of rotatable bonds is 1. The molecule has 5 aromatic rings. The topological polar surface area (TPSA) is 17.8 Å². The molecule has 1 aromatic heterocycles. The van der Waals surface area contributed by atoms with E-state index in [1.165, 1.54) is 21.5 Å². The molecule has 114 valence electrons. The van der Waals surface area contributed by atoms with Gasteiger partial charge < -0.3 is 0 Å². The summed E-state index contributed by atoms with van der Waals surface area (Å²) in [6.07, 6.45) is 0. The molecule has 0 N–H and O–H groups in total. The zero-order chi connectivity index (χ0) is 16.1. The SMILES string of the molecule is Brc1nc2ccccc2n1-c1cccc2cc3ccccc3cc12. The third-order valence-corrected chi connectivity index (χ3v) is 5.02. The Balaban J connectivity index is 1.92. The molecule has 0 radical (unpaired) electrons. The predicted octanol–water partition coefficient (Wildman–Crippen LogP) is 6.09. The number of halogens is 1. The largest absolute Gasteiger partial charge is 0.286 e. The minimum absolute atomic E-state index is 0.823. The highest BCUT2D eigenvalue weighted by Gasteiger charge is 2.12.